The van der Waals surface area contributed by atoms with E-state index in [1.807, 2.05) is 48.6 Å². The van der Waals surface area contributed by atoms with Gasteiger partial charge in [-0.15, -0.1) is 11.3 Å². The van der Waals surface area contributed by atoms with E-state index in [1.165, 1.54) is 11.3 Å². The second kappa shape index (κ2) is 5.08. The van der Waals surface area contributed by atoms with Crippen LogP contribution in [0.3, 0.4) is 0 Å². The van der Waals surface area contributed by atoms with Gasteiger partial charge in [-0.05, 0) is 29.1 Å². The largest absolute Gasteiger partial charge is 0.383 e. The monoisotopic (exact) mass is 267 g/mol. The molecule has 4 heteroatoms. The fourth-order valence-corrected chi connectivity index (χ4v) is 2.80. The summed E-state index contributed by atoms with van der Waals surface area (Å²) >= 11 is 7.50. The molecule has 0 saturated heterocycles. The van der Waals surface area contributed by atoms with Gasteiger partial charge in [0.1, 0.15) is 6.10 Å². The van der Waals surface area contributed by atoms with Crippen LogP contribution in [0.2, 0.25) is 5.02 Å². The van der Waals surface area contributed by atoms with Crippen LogP contribution in [0.5, 0.6) is 0 Å². The molecule has 90 valence electrons. The Morgan fingerprint density at radius 2 is 2.06 bits per heavy atom. The van der Waals surface area contributed by atoms with E-state index in [4.69, 9.17) is 11.6 Å². The molecule has 2 aromatic rings. The zero-order valence-corrected chi connectivity index (χ0v) is 11.3. The van der Waals surface area contributed by atoms with E-state index in [-0.39, 0.29) is 0 Å². The molecular weight excluding hydrogens is 254 g/mol. The second-order valence-electron chi connectivity index (χ2n) is 4.02. The summed E-state index contributed by atoms with van der Waals surface area (Å²) in [6, 6.07) is 9.64. The van der Waals surface area contributed by atoms with Gasteiger partial charge in [-0.25, -0.2) is 0 Å². The molecular formula is C13H14ClNOS. The first kappa shape index (κ1) is 12.4. The third-order valence-electron chi connectivity index (χ3n) is 2.60. The summed E-state index contributed by atoms with van der Waals surface area (Å²) in [4.78, 5) is 2.80. The van der Waals surface area contributed by atoms with Gasteiger partial charge in [-0.2, -0.15) is 0 Å². The Balaban J connectivity index is 2.34. The molecule has 2 rings (SSSR count). The Labute approximate surface area is 110 Å². The number of anilines is 1. The van der Waals surface area contributed by atoms with Crippen molar-refractivity contribution in [2.75, 3.05) is 19.0 Å². The van der Waals surface area contributed by atoms with Gasteiger partial charge in [0.15, 0.2) is 0 Å². The highest BCUT2D eigenvalue weighted by Gasteiger charge is 2.15. The molecule has 0 aliphatic rings. The van der Waals surface area contributed by atoms with Crippen LogP contribution >= 0.6 is 22.9 Å². The lowest BCUT2D eigenvalue weighted by molar-refractivity contribution is 0.224. The number of aliphatic hydroxyl groups excluding tert-OH is 1. The summed E-state index contributed by atoms with van der Waals surface area (Å²) in [5, 5.41) is 12.8. The van der Waals surface area contributed by atoms with Gasteiger partial charge in [-0.1, -0.05) is 23.7 Å². The maximum atomic E-state index is 10.3. The molecule has 0 fully saturated rings. The highest BCUT2D eigenvalue weighted by Crippen LogP contribution is 2.33. The number of rotatable bonds is 3. The van der Waals surface area contributed by atoms with Gasteiger partial charge in [-0.3, -0.25) is 0 Å². The van der Waals surface area contributed by atoms with Crippen molar-refractivity contribution in [3.8, 4) is 0 Å². The summed E-state index contributed by atoms with van der Waals surface area (Å²) < 4.78 is 0. The third kappa shape index (κ3) is 2.63. The van der Waals surface area contributed by atoms with Crippen LogP contribution in [-0.2, 0) is 0 Å². The van der Waals surface area contributed by atoms with Crippen LogP contribution in [0, 0.1) is 0 Å². The molecule has 17 heavy (non-hydrogen) atoms. The molecule has 1 heterocycles. The number of benzene rings is 1. The van der Waals surface area contributed by atoms with Crippen LogP contribution in [0.25, 0.3) is 0 Å². The molecule has 0 bridgehead atoms. The number of halogens is 1. The van der Waals surface area contributed by atoms with Crippen molar-refractivity contribution < 1.29 is 5.11 Å². The Morgan fingerprint density at radius 3 is 2.65 bits per heavy atom. The molecule has 0 amide bonds. The summed E-state index contributed by atoms with van der Waals surface area (Å²) in [7, 11) is 3.95. The molecule has 0 spiro atoms. The summed E-state index contributed by atoms with van der Waals surface area (Å²) in [5.74, 6) is 0. The van der Waals surface area contributed by atoms with Crippen molar-refractivity contribution in [1.29, 1.82) is 0 Å². The first-order valence-electron chi connectivity index (χ1n) is 5.28. The summed E-state index contributed by atoms with van der Waals surface area (Å²) in [5.41, 5.74) is 1.93. The Bertz CT molecular complexity index is 510. The number of thiophene rings is 1. The van der Waals surface area contributed by atoms with Crippen molar-refractivity contribution in [1.82, 2.24) is 0 Å². The van der Waals surface area contributed by atoms with Gasteiger partial charge < -0.3 is 10.0 Å². The zero-order chi connectivity index (χ0) is 12.4. The van der Waals surface area contributed by atoms with Crippen molar-refractivity contribution in [2.24, 2.45) is 0 Å². The SMILES string of the molecule is CN(C)c1cccc(C(O)c2sccc2Cl)c1. The van der Waals surface area contributed by atoms with Crippen molar-refractivity contribution in [3.05, 3.63) is 51.2 Å². The topological polar surface area (TPSA) is 23.5 Å². The van der Waals surface area contributed by atoms with Gasteiger partial charge in [0.25, 0.3) is 0 Å². The predicted octanol–water partition coefficient (Wildman–Crippen LogP) is 3.55. The summed E-state index contributed by atoms with van der Waals surface area (Å²) in [6.07, 6.45) is -0.651. The van der Waals surface area contributed by atoms with Crippen LogP contribution in [0.15, 0.2) is 35.7 Å². The molecule has 0 aliphatic heterocycles. The fourth-order valence-electron chi connectivity index (χ4n) is 1.62. The minimum absolute atomic E-state index is 0.623. The minimum atomic E-state index is -0.651. The van der Waals surface area contributed by atoms with Gasteiger partial charge >= 0.3 is 0 Å². The van der Waals surface area contributed by atoms with Gasteiger partial charge in [0, 0.05) is 19.8 Å². The molecule has 1 atom stereocenters. The minimum Gasteiger partial charge on any atom is -0.383 e. The molecule has 0 radical (unpaired) electrons. The maximum absolute atomic E-state index is 10.3. The molecule has 1 unspecified atom stereocenters. The molecule has 2 nitrogen and oxygen atoms in total. The van der Waals surface area contributed by atoms with Crippen molar-refractivity contribution in [3.63, 3.8) is 0 Å². The van der Waals surface area contributed by atoms with Crippen LogP contribution < -0.4 is 4.90 Å². The highest BCUT2D eigenvalue weighted by molar-refractivity contribution is 7.10. The highest BCUT2D eigenvalue weighted by atomic mass is 35.5. The lowest BCUT2D eigenvalue weighted by Crippen LogP contribution is -2.09. The maximum Gasteiger partial charge on any atom is 0.115 e. The van der Waals surface area contributed by atoms with Crippen molar-refractivity contribution in [2.45, 2.75) is 6.10 Å². The number of aliphatic hydroxyl groups is 1. The van der Waals surface area contributed by atoms with Crippen LogP contribution in [0.4, 0.5) is 5.69 Å². The van der Waals surface area contributed by atoms with E-state index in [0.29, 0.717) is 5.02 Å². The molecule has 1 aromatic heterocycles. The normalized spacial score (nSPS) is 12.5. The number of nitrogens with zero attached hydrogens (tertiary/aromatic N) is 1. The standard InChI is InChI=1S/C13H14ClNOS/c1-15(2)10-5-3-4-9(8-10)12(16)13-11(14)6-7-17-13/h3-8,12,16H,1-2H3. The summed E-state index contributed by atoms with van der Waals surface area (Å²) in [6.45, 7) is 0. The molecule has 0 saturated carbocycles. The van der Waals surface area contributed by atoms with Crippen LogP contribution in [0.1, 0.15) is 16.5 Å². The lowest BCUT2D eigenvalue weighted by Gasteiger charge is -2.16. The van der Waals surface area contributed by atoms with E-state index in [0.717, 1.165) is 16.1 Å². The average molecular weight is 268 g/mol. The van der Waals surface area contributed by atoms with Gasteiger partial charge in [0.05, 0.1) is 9.90 Å². The predicted molar refractivity (Wildman–Crippen MR) is 74.2 cm³/mol. The van der Waals surface area contributed by atoms with Crippen molar-refractivity contribution >= 4 is 28.6 Å². The Hall–Kier alpha value is -1.03. The van der Waals surface area contributed by atoms with Gasteiger partial charge in [0.2, 0.25) is 0 Å². The van der Waals surface area contributed by atoms with E-state index in [1.54, 1.807) is 6.07 Å². The quantitative estimate of drug-likeness (QED) is 0.919. The van der Waals surface area contributed by atoms with E-state index < -0.39 is 6.10 Å². The molecule has 1 aromatic carbocycles. The first-order valence-corrected chi connectivity index (χ1v) is 6.53. The smallest absolute Gasteiger partial charge is 0.115 e. The van der Waals surface area contributed by atoms with Crippen LogP contribution in [-0.4, -0.2) is 19.2 Å². The van der Waals surface area contributed by atoms with E-state index in [2.05, 4.69) is 0 Å². The Kier molecular flexibility index (Phi) is 3.72. The van der Waals surface area contributed by atoms with E-state index in [9.17, 15) is 5.11 Å². The Morgan fingerprint density at radius 1 is 1.29 bits per heavy atom. The molecule has 1 N–H and O–H groups in total. The average Bonchev–Trinajstić information content (AvgIpc) is 2.74. The number of hydrogen-bond donors (Lipinski definition) is 1. The zero-order valence-electron chi connectivity index (χ0n) is 9.72. The number of hydrogen-bond acceptors (Lipinski definition) is 3. The second-order valence-corrected chi connectivity index (χ2v) is 5.38. The first-order chi connectivity index (χ1) is 8.09. The fraction of sp³-hybridized carbons (Fsp3) is 0.231. The third-order valence-corrected chi connectivity index (χ3v) is 4.01. The molecule has 0 aliphatic carbocycles. The van der Waals surface area contributed by atoms with E-state index >= 15 is 0 Å². The lowest BCUT2D eigenvalue weighted by atomic mass is 10.1.